The molecule has 0 aromatic heterocycles. The molecular formula is C66H125NO5. The van der Waals surface area contributed by atoms with Gasteiger partial charge in [-0.15, -0.1) is 0 Å². The first kappa shape index (κ1) is 70.1. The van der Waals surface area contributed by atoms with Gasteiger partial charge >= 0.3 is 5.97 Å². The zero-order valence-electron chi connectivity index (χ0n) is 48.4. The summed E-state index contributed by atoms with van der Waals surface area (Å²) in [7, 11) is 0. The van der Waals surface area contributed by atoms with Gasteiger partial charge in [0.25, 0.3) is 0 Å². The molecule has 0 aromatic carbocycles. The highest BCUT2D eigenvalue weighted by Gasteiger charge is 2.20. The lowest BCUT2D eigenvalue weighted by atomic mass is 10.0. The van der Waals surface area contributed by atoms with Crippen LogP contribution in [0, 0.1) is 0 Å². The number of carbonyl (C=O) groups excluding carboxylic acids is 2. The normalized spacial score (nSPS) is 12.8. The van der Waals surface area contributed by atoms with Crippen molar-refractivity contribution in [3.63, 3.8) is 0 Å². The number of rotatable bonds is 60. The minimum atomic E-state index is -0.671. The highest BCUT2D eigenvalue weighted by atomic mass is 16.5. The fraction of sp³-hybridized carbons (Fsp3) is 0.879. The highest BCUT2D eigenvalue weighted by Crippen LogP contribution is 2.17. The van der Waals surface area contributed by atoms with Gasteiger partial charge in [-0.3, -0.25) is 9.59 Å². The van der Waals surface area contributed by atoms with Crippen LogP contribution in [0.3, 0.4) is 0 Å². The molecule has 6 nitrogen and oxygen atoms in total. The van der Waals surface area contributed by atoms with Gasteiger partial charge in [-0.25, -0.2) is 0 Å². The molecule has 1 amide bonds. The average Bonchev–Trinajstić information content (AvgIpc) is 3.38. The second-order valence-electron chi connectivity index (χ2n) is 22.1. The van der Waals surface area contributed by atoms with Crippen molar-refractivity contribution in [1.29, 1.82) is 0 Å². The fourth-order valence-electron chi connectivity index (χ4n) is 9.96. The highest BCUT2D eigenvalue weighted by molar-refractivity contribution is 5.76. The van der Waals surface area contributed by atoms with Crippen molar-refractivity contribution in [3.05, 3.63) is 36.5 Å². The summed E-state index contributed by atoms with van der Waals surface area (Å²) in [6.07, 6.45) is 77.3. The van der Waals surface area contributed by atoms with Crippen LogP contribution in [0.25, 0.3) is 0 Å². The smallest absolute Gasteiger partial charge is 0.305 e. The Hall–Kier alpha value is -1.92. The number of carbonyl (C=O) groups is 2. The summed E-state index contributed by atoms with van der Waals surface area (Å²) in [6.45, 7) is 4.96. The van der Waals surface area contributed by atoms with Gasteiger partial charge in [0, 0.05) is 12.8 Å². The Morgan fingerprint density at radius 3 is 1.07 bits per heavy atom. The molecule has 0 saturated carbocycles. The Morgan fingerprint density at radius 2 is 0.694 bits per heavy atom. The van der Waals surface area contributed by atoms with Crippen LogP contribution in [0.4, 0.5) is 0 Å². The van der Waals surface area contributed by atoms with E-state index in [2.05, 4.69) is 55.6 Å². The Balaban J connectivity index is 3.43. The summed E-state index contributed by atoms with van der Waals surface area (Å²) in [5.41, 5.74) is 0. The maximum absolute atomic E-state index is 12.5. The summed E-state index contributed by atoms with van der Waals surface area (Å²) in [6, 6.07) is -0.549. The summed E-state index contributed by atoms with van der Waals surface area (Å²) in [5, 5.41) is 23.3. The van der Waals surface area contributed by atoms with E-state index in [-0.39, 0.29) is 18.5 Å². The first-order chi connectivity index (χ1) is 35.5. The second kappa shape index (κ2) is 61.6. The topological polar surface area (TPSA) is 95.9 Å². The quantitative estimate of drug-likeness (QED) is 0.0320. The summed E-state index contributed by atoms with van der Waals surface area (Å²) in [5.74, 6) is -0.0400. The number of allylic oxidation sites excluding steroid dienone is 6. The molecule has 6 heteroatoms. The van der Waals surface area contributed by atoms with E-state index in [0.29, 0.717) is 25.9 Å². The first-order valence-corrected chi connectivity index (χ1v) is 32.2. The molecule has 0 radical (unpaired) electrons. The van der Waals surface area contributed by atoms with Gasteiger partial charge in [0.1, 0.15) is 0 Å². The number of hydrogen-bond acceptors (Lipinski definition) is 5. The van der Waals surface area contributed by atoms with Crippen molar-refractivity contribution in [2.24, 2.45) is 0 Å². The molecule has 0 aromatic rings. The number of amides is 1. The molecule has 72 heavy (non-hydrogen) atoms. The SMILES string of the molecule is CCCCCCCCC/C=C\CCCCCCCCCC(=O)OCCCCCCCCCCC/C=C\C/C=C\CCCCCCCCCC(=O)NC(CO)C(O)CCCCCCCCCCCCCCCC. The molecule has 0 rings (SSSR count). The minimum absolute atomic E-state index is 0.00437. The van der Waals surface area contributed by atoms with Crippen molar-refractivity contribution in [2.75, 3.05) is 13.2 Å². The van der Waals surface area contributed by atoms with Crippen LogP contribution >= 0.6 is 0 Å². The predicted molar refractivity (Wildman–Crippen MR) is 315 cm³/mol. The average molecular weight is 1010 g/mol. The third-order valence-corrected chi connectivity index (χ3v) is 14.9. The second-order valence-corrected chi connectivity index (χ2v) is 22.1. The van der Waals surface area contributed by atoms with E-state index in [1.807, 2.05) is 0 Å². The minimum Gasteiger partial charge on any atom is -0.466 e. The predicted octanol–water partition coefficient (Wildman–Crippen LogP) is 20.4. The van der Waals surface area contributed by atoms with Gasteiger partial charge in [-0.2, -0.15) is 0 Å². The number of ether oxygens (including phenoxy) is 1. The largest absolute Gasteiger partial charge is 0.466 e. The molecule has 3 N–H and O–H groups in total. The van der Waals surface area contributed by atoms with Crippen molar-refractivity contribution in [2.45, 2.75) is 360 Å². The van der Waals surface area contributed by atoms with E-state index in [0.717, 1.165) is 57.8 Å². The van der Waals surface area contributed by atoms with Crippen LogP contribution in [-0.4, -0.2) is 47.4 Å². The van der Waals surface area contributed by atoms with E-state index >= 15 is 0 Å². The van der Waals surface area contributed by atoms with Crippen molar-refractivity contribution < 1.29 is 24.5 Å². The third kappa shape index (κ3) is 57.4. The molecule has 0 spiro atoms. The number of aliphatic hydroxyl groups excluding tert-OH is 2. The van der Waals surface area contributed by atoms with Gasteiger partial charge in [0.05, 0.1) is 25.4 Å². The summed E-state index contributed by atoms with van der Waals surface area (Å²) >= 11 is 0. The van der Waals surface area contributed by atoms with Crippen LogP contribution < -0.4 is 5.32 Å². The molecule has 2 unspecified atom stereocenters. The summed E-state index contributed by atoms with van der Waals surface area (Å²) < 4.78 is 5.49. The standard InChI is InChI=1S/C66H125NO5/c1-3-5-7-9-11-13-15-17-19-20-29-32-36-40-44-48-52-56-60-66(71)72-61-57-53-49-45-41-37-33-30-27-25-23-21-22-24-26-28-31-35-39-43-47-51-55-59-65(70)67-63(62-68)64(69)58-54-50-46-42-38-34-18-16-14-12-10-8-6-4-2/h19-21,23-24,26,63-64,68-69H,3-18,22,25,27-62H2,1-2H3,(H,67,70)/b20-19-,23-21-,26-24-. The Labute approximate surface area is 449 Å². The van der Waals surface area contributed by atoms with Crippen LogP contribution in [-0.2, 0) is 14.3 Å². The lowest BCUT2D eigenvalue weighted by Crippen LogP contribution is -2.45. The zero-order chi connectivity index (χ0) is 52.2. The van der Waals surface area contributed by atoms with Crippen LogP contribution in [0.2, 0.25) is 0 Å². The third-order valence-electron chi connectivity index (χ3n) is 14.9. The molecule has 0 saturated heterocycles. The van der Waals surface area contributed by atoms with E-state index in [9.17, 15) is 19.8 Å². The number of unbranched alkanes of at least 4 members (excludes halogenated alkanes) is 43. The zero-order valence-corrected chi connectivity index (χ0v) is 48.4. The van der Waals surface area contributed by atoms with Crippen molar-refractivity contribution in [1.82, 2.24) is 5.32 Å². The molecule has 0 aliphatic heterocycles. The lowest BCUT2D eigenvalue weighted by Gasteiger charge is -2.22. The molecule has 0 fully saturated rings. The fourth-order valence-corrected chi connectivity index (χ4v) is 9.96. The Kier molecular flexibility index (Phi) is 60.0. The van der Waals surface area contributed by atoms with Crippen molar-refractivity contribution in [3.8, 4) is 0 Å². The van der Waals surface area contributed by atoms with Crippen LogP contribution in [0.5, 0.6) is 0 Å². The van der Waals surface area contributed by atoms with Crippen LogP contribution in [0.1, 0.15) is 348 Å². The van der Waals surface area contributed by atoms with Gasteiger partial charge in [0.2, 0.25) is 5.91 Å². The molecule has 0 bridgehead atoms. The number of aliphatic hydroxyl groups is 2. The molecule has 2 atom stereocenters. The molecule has 424 valence electrons. The first-order valence-electron chi connectivity index (χ1n) is 32.2. The molecule has 0 aliphatic rings. The van der Waals surface area contributed by atoms with Crippen LogP contribution in [0.15, 0.2) is 36.5 Å². The van der Waals surface area contributed by atoms with Crippen molar-refractivity contribution >= 4 is 11.9 Å². The van der Waals surface area contributed by atoms with E-state index in [1.54, 1.807) is 0 Å². The maximum Gasteiger partial charge on any atom is 0.305 e. The van der Waals surface area contributed by atoms with E-state index in [4.69, 9.17) is 4.74 Å². The number of hydrogen-bond donors (Lipinski definition) is 3. The molecule has 0 heterocycles. The summed E-state index contributed by atoms with van der Waals surface area (Å²) in [4.78, 5) is 24.6. The van der Waals surface area contributed by atoms with Gasteiger partial charge in [0.15, 0.2) is 0 Å². The number of esters is 1. The van der Waals surface area contributed by atoms with Gasteiger partial charge in [-0.1, -0.05) is 288 Å². The number of nitrogens with one attached hydrogen (secondary N) is 1. The Bertz CT molecular complexity index is 1170. The maximum atomic E-state index is 12.5. The van der Waals surface area contributed by atoms with Gasteiger partial charge in [-0.05, 0) is 83.5 Å². The molecular weight excluding hydrogens is 887 g/mol. The van der Waals surface area contributed by atoms with Gasteiger partial charge < -0.3 is 20.3 Å². The van der Waals surface area contributed by atoms with E-state index in [1.165, 1.54) is 257 Å². The van der Waals surface area contributed by atoms with E-state index < -0.39 is 12.1 Å². The molecule has 0 aliphatic carbocycles. The lowest BCUT2D eigenvalue weighted by molar-refractivity contribution is -0.143. The monoisotopic (exact) mass is 1010 g/mol. The Morgan fingerprint density at radius 1 is 0.389 bits per heavy atom.